The molecule has 5 nitrogen and oxygen atoms in total. The van der Waals surface area contributed by atoms with Gasteiger partial charge in [0, 0.05) is 8.15 Å². The summed E-state index contributed by atoms with van der Waals surface area (Å²) in [4.78, 5) is 30.5. The summed E-state index contributed by atoms with van der Waals surface area (Å²) in [5.74, 6) is -0.346. The fourth-order valence-corrected chi connectivity index (χ4v) is 1.47. The van der Waals surface area contributed by atoms with Crippen molar-refractivity contribution >= 4 is 20.3 Å². The van der Waals surface area contributed by atoms with E-state index in [9.17, 15) is 9.59 Å². The minimum atomic E-state index is -1.01. The number of aldehydes is 1. The maximum absolute atomic E-state index is 11.3. The zero-order chi connectivity index (χ0) is 11.1. The highest BCUT2D eigenvalue weighted by molar-refractivity contribution is 7.50. The largest absolute Gasteiger partial charge is 0.374 e. The van der Waals surface area contributed by atoms with E-state index in [1.807, 2.05) is 0 Å². The van der Waals surface area contributed by atoms with Crippen molar-refractivity contribution in [3.8, 4) is 0 Å². The van der Waals surface area contributed by atoms with Crippen molar-refractivity contribution in [1.82, 2.24) is 5.32 Å². The zero-order valence-corrected chi connectivity index (χ0v) is 9.33. The first-order valence-electron chi connectivity index (χ1n) is 4.38. The Morgan fingerprint density at radius 1 is 1.71 bits per heavy atom. The second-order valence-electron chi connectivity index (χ2n) is 3.21. The Kier molecular flexibility index (Phi) is 6.62. The Morgan fingerprint density at radius 2 is 2.29 bits per heavy atom. The fraction of sp³-hybridized carbons (Fsp3) is 0.750. The van der Waals surface area contributed by atoms with E-state index >= 15 is 0 Å². The summed E-state index contributed by atoms with van der Waals surface area (Å²) in [6.07, 6.45) is 1.62. The van der Waals surface area contributed by atoms with Gasteiger partial charge in [0.15, 0.2) is 0 Å². The average molecular weight is 220 g/mol. The SMILES string of the molecule is C[C@@H](C=O)NC(=O)C(N)CCP(C)O. The second-order valence-corrected chi connectivity index (χ2v) is 4.97. The van der Waals surface area contributed by atoms with Crippen molar-refractivity contribution in [3.63, 3.8) is 0 Å². The van der Waals surface area contributed by atoms with Crippen LogP contribution in [0.25, 0.3) is 0 Å². The number of hydrogen-bond acceptors (Lipinski definition) is 4. The van der Waals surface area contributed by atoms with Crippen molar-refractivity contribution in [3.05, 3.63) is 0 Å². The van der Waals surface area contributed by atoms with E-state index in [0.717, 1.165) is 0 Å². The van der Waals surface area contributed by atoms with Crippen LogP contribution in [0.4, 0.5) is 0 Å². The number of nitrogens with one attached hydrogen (secondary N) is 1. The zero-order valence-electron chi connectivity index (χ0n) is 8.43. The van der Waals surface area contributed by atoms with E-state index in [2.05, 4.69) is 5.32 Å². The molecule has 82 valence electrons. The minimum absolute atomic E-state index is 0.346. The quantitative estimate of drug-likeness (QED) is 0.412. The number of carbonyl (C=O) groups excluding carboxylic acids is 2. The molecule has 0 saturated heterocycles. The van der Waals surface area contributed by atoms with Crippen molar-refractivity contribution in [2.45, 2.75) is 25.4 Å². The van der Waals surface area contributed by atoms with Crippen LogP contribution < -0.4 is 11.1 Å². The Hall–Kier alpha value is -0.510. The molecule has 2 unspecified atom stereocenters. The van der Waals surface area contributed by atoms with Gasteiger partial charge in [-0.2, -0.15) is 0 Å². The third kappa shape index (κ3) is 6.02. The van der Waals surface area contributed by atoms with E-state index in [1.165, 1.54) is 0 Å². The second kappa shape index (κ2) is 6.87. The van der Waals surface area contributed by atoms with Gasteiger partial charge in [0.1, 0.15) is 6.29 Å². The number of nitrogens with two attached hydrogens (primary N) is 1. The summed E-state index contributed by atoms with van der Waals surface area (Å²) in [5, 5.41) is 2.45. The molecule has 0 spiro atoms. The summed E-state index contributed by atoms with van der Waals surface area (Å²) >= 11 is 0. The third-order valence-corrected chi connectivity index (χ3v) is 2.58. The van der Waals surface area contributed by atoms with E-state index < -0.39 is 20.2 Å². The van der Waals surface area contributed by atoms with Crippen LogP contribution >= 0.6 is 8.15 Å². The lowest BCUT2D eigenvalue weighted by Gasteiger charge is -2.14. The van der Waals surface area contributed by atoms with Gasteiger partial charge in [0.25, 0.3) is 0 Å². The molecule has 0 fully saturated rings. The third-order valence-electron chi connectivity index (χ3n) is 1.67. The normalized spacial score (nSPS) is 16.9. The molecule has 0 heterocycles. The van der Waals surface area contributed by atoms with Gasteiger partial charge in [-0.05, 0) is 26.2 Å². The maximum atomic E-state index is 11.3. The van der Waals surface area contributed by atoms with Gasteiger partial charge in [0.05, 0.1) is 12.1 Å². The van der Waals surface area contributed by atoms with Crippen LogP contribution in [0.2, 0.25) is 0 Å². The van der Waals surface area contributed by atoms with Gasteiger partial charge < -0.3 is 20.7 Å². The van der Waals surface area contributed by atoms with E-state index in [4.69, 9.17) is 10.6 Å². The smallest absolute Gasteiger partial charge is 0.237 e. The molecular weight excluding hydrogens is 203 g/mol. The van der Waals surface area contributed by atoms with E-state index in [0.29, 0.717) is 18.9 Å². The topological polar surface area (TPSA) is 92.4 Å². The molecule has 0 aliphatic carbocycles. The van der Waals surface area contributed by atoms with Crippen LogP contribution in [0.1, 0.15) is 13.3 Å². The lowest BCUT2D eigenvalue weighted by molar-refractivity contribution is -0.124. The first kappa shape index (κ1) is 13.5. The standard InChI is InChI=1S/C8H17N2O3P/c1-6(5-11)10-8(12)7(9)3-4-14(2)13/h5-7,13H,3-4,9H2,1-2H3,(H,10,12)/t6-,7?,14?/m0/s1. The fourth-order valence-electron chi connectivity index (χ4n) is 0.822. The van der Waals surface area contributed by atoms with Gasteiger partial charge in [-0.1, -0.05) is 0 Å². The molecule has 6 heteroatoms. The van der Waals surface area contributed by atoms with Crippen molar-refractivity contribution in [2.75, 3.05) is 12.8 Å². The highest BCUT2D eigenvalue weighted by Crippen LogP contribution is 2.24. The highest BCUT2D eigenvalue weighted by atomic mass is 31.1. The van der Waals surface area contributed by atoms with Crippen LogP contribution in [-0.2, 0) is 9.59 Å². The van der Waals surface area contributed by atoms with Crippen LogP contribution in [0.15, 0.2) is 0 Å². The highest BCUT2D eigenvalue weighted by Gasteiger charge is 2.15. The van der Waals surface area contributed by atoms with Crippen LogP contribution in [0.3, 0.4) is 0 Å². The molecule has 0 radical (unpaired) electrons. The number of carbonyl (C=O) groups is 2. The van der Waals surface area contributed by atoms with E-state index in [-0.39, 0.29) is 5.91 Å². The first-order valence-corrected chi connectivity index (χ1v) is 6.31. The Morgan fingerprint density at radius 3 is 2.71 bits per heavy atom. The lowest BCUT2D eigenvalue weighted by Crippen LogP contribution is -2.45. The summed E-state index contributed by atoms with van der Waals surface area (Å²) in [6.45, 7) is 3.28. The molecule has 0 aromatic carbocycles. The predicted molar refractivity (Wildman–Crippen MR) is 56.2 cm³/mol. The number of amides is 1. The van der Waals surface area contributed by atoms with Gasteiger partial charge in [-0.25, -0.2) is 0 Å². The van der Waals surface area contributed by atoms with Crippen LogP contribution in [0, 0.1) is 0 Å². The molecule has 14 heavy (non-hydrogen) atoms. The molecule has 0 aliphatic rings. The van der Waals surface area contributed by atoms with Gasteiger partial charge in [0.2, 0.25) is 5.91 Å². The van der Waals surface area contributed by atoms with Gasteiger partial charge in [-0.3, -0.25) is 4.79 Å². The summed E-state index contributed by atoms with van der Waals surface area (Å²) < 4.78 is 0. The van der Waals surface area contributed by atoms with Crippen molar-refractivity contribution in [2.24, 2.45) is 5.73 Å². The van der Waals surface area contributed by atoms with E-state index in [1.54, 1.807) is 13.6 Å². The lowest BCUT2D eigenvalue weighted by atomic mass is 10.2. The van der Waals surface area contributed by atoms with Crippen LogP contribution in [-0.4, -0.2) is 42.0 Å². The summed E-state index contributed by atoms with van der Waals surface area (Å²) in [5.41, 5.74) is 5.54. The molecule has 0 aromatic rings. The Labute approximate surface area is 84.9 Å². The summed E-state index contributed by atoms with van der Waals surface area (Å²) in [6, 6.07) is -1.15. The molecular formula is C8H17N2O3P. The molecule has 3 atom stereocenters. The van der Waals surface area contributed by atoms with Crippen molar-refractivity contribution < 1.29 is 14.5 Å². The molecule has 0 bridgehead atoms. The molecule has 4 N–H and O–H groups in total. The minimum Gasteiger partial charge on any atom is -0.374 e. The molecule has 0 aliphatic heterocycles. The van der Waals surface area contributed by atoms with Crippen LogP contribution in [0.5, 0.6) is 0 Å². The van der Waals surface area contributed by atoms with Gasteiger partial charge >= 0.3 is 0 Å². The molecule has 0 saturated carbocycles. The molecule has 0 rings (SSSR count). The molecule has 1 amide bonds. The molecule has 0 aromatic heterocycles. The number of hydrogen-bond donors (Lipinski definition) is 3. The average Bonchev–Trinajstić information content (AvgIpc) is 2.13. The summed E-state index contributed by atoms with van der Waals surface area (Å²) in [7, 11) is -1.01. The Balaban J connectivity index is 3.81. The maximum Gasteiger partial charge on any atom is 0.237 e. The first-order chi connectivity index (χ1) is 6.47. The predicted octanol–water partition coefficient (Wildman–Crippen LogP) is -0.574. The number of rotatable bonds is 6. The van der Waals surface area contributed by atoms with Crippen molar-refractivity contribution in [1.29, 1.82) is 0 Å². The monoisotopic (exact) mass is 220 g/mol. The van der Waals surface area contributed by atoms with Gasteiger partial charge in [-0.15, -0.1) is 0 Å². The Bertz CT molecular complexity index is 199.